The van der Waals surface area contributed by atoms with Gasteiger partial charge in [0.1, 0.15) is 11.5 Å². The number of aromatic hydroxyl groups is 1. The molecule has 1 aromatic rings. The average Bonchev–Trinajstić information content (AvgIpc) is 2.28. The molecule has 0 saturated carbocycles. The van der Waals surface area contributed by atoms with Gasteiger partial charge in [0.25, 0.3) is 0 Å². The van der Waals surface area contributed by atoms with Crippen LogP contribution in [0.4, 0.5) is 0 Å². The third-order valence-electron chi connectivity index (χ3n) is 2.96. The maximum atomic E-state index is 12.0. The number of phenolic OH excluding ortho intramolecular Hbond substituents is 1. The molecule has 0 aliphatic carbocycles. The molecule has 1 N–H and O–H groups in total. The van der Waals surface area contributed by atoms with Crippen molar-refractivity contribution in [1.29, 1.82) is 0 Å². The monoisotopic (exact) mass is 276 g/mol. The molecule has 0 aromatic heterocycles. The van der Waals surface area contributed by atoms with Crippen molar-refractivity contribution in [2.45, 2.75) is 47.0 Å². The van der Waals surface area contributed by atoms with Crippen LogP contribution in [-0.4, -0.2) is 11.1 Å². The van der Waals surface area contributed by atoms with Crippen molar-refractivity contribution in [3.8, 4) is 11.5 Å². The summed E-state index contributed by atoms with van der Waals surface area (Å²) in [6.45, 7) is 15.1. The second kappa shape index (κ2) is 5.31. The molecule has 0 aliphatic rings. The third kappa shape index (κ3) is 3.62. The molecule has 1 aromatic carbocycles. The molecule has 0 bridgehead atoms. The Morgan fingerprint density at radius 3 is 2.15 bits per heavy atom. The molecule has 1 rings (SSSR count). The van der Waals surface area contributed by atoms with Crippen molar-refractivity contribution in [3.05, 3.63) is 29.8 Å². The van der Waals surface area contributed by atoms with Gasteiger partial charge < -0.3 is 9.84 Å². The van der Waals surface area contributed by atoms with E-state index in [-0.39, 0.29) is 17.1 Å². The van der Waals surface area contributed by atoms with Crippen LogP contribution in [0.25, 0.3) is 6.08 Å². The van der Waals surface area contributed by atoms with Crippen LogP contribution in [0.3, 0.4) is 0 Å². The Bertz CT molecular complexity index is 528. The Labute approximate surface area is 121 Å². The van der Waals surface area contributed by atoms with E-state index in [0.29, 0.717) is 11.3 Å². The number of hydrogen-bond donors (Lipinski definition) is 1. The van der Waals surface area contributed by atoms with Crippen molar-refractivity contribution >= 4 is 12.0 Å². The fourth-order valence-electron chi connectivity index (χ4n) is 1.68. The molecule has 0 fully saturated rings. The number of phenols is 1. The Morgan fingerprint density at radius 1 is 1.20 bits per heavy atom. The van der Waals surface area contributed by atoms with E-state index in [1.807, 2.05) is 20.8 Å². The van der Waals surface area contributed by atoms with Crippen LogP contribution in [0.5, 0.6) is 11.5 Å². The first kappa shape index (κ1) is 16.3. The smallest absolute Gasteiger partial charge is 0.316 e. The second-order valence-corrected chi connectivity index (χ2v) is 7.00. The molecule has 0 atom stereocenters. The minimum Gasteiger partial charge on any atom is -0.507 e. The van der Waals surface area contributed by atoms with Crippen LogP contribution in [0.1, 0.15) is 52.7 Å². The summed E-state index contributed by atoms with van der Waals surface area (Å²) in [4.78, 5) is 12.0. The SMILES string of the molecule is C=Cc1cc(OC(=O)C(C)(C)C)cc(C(C)(C)C)c1O. The Balaban J connectivity index is 3.30. The van der Waals surface area contributed by atoms with Crippen molar-refractivity contribution in [3.63, 3.8) is 0 Å². The second-order valence-electron chi connectivity index (χ2n) is 7.00. The minimum atomic E-state index is -0.575. The van der Waals surface area contributed by atoms with Crippen LogP contribution < -0.4 is 4.74 Å². The van der Waals surface area contributed by atoms with E-state index >= 15 is 0 Å². The van der Waals surface area contributed by atoms with Gasteiger partial charge in [0, 0.05) is 11.1 Å². The standard InChI is InChI=1S/C17H24O3/c1-8-11-9-12(20-15(19)17(5,6)7)10-13(14(11)18)16(2,3)4/h8-10,18H,1H2,2-7H3. The van der Waals surface area contributed by atoms with Gasteiger partial charge in [-0.2, -0.15) is 0 Å². The molecular weight excluding hydrogens is 252 g/mol. The van der Waals surface area contributed by atoms with Gasteiger partial charge in [-0.25, -0.2) is 0 Å². The summed E-state index contributed by atoms with van der Waals surface area (Å²) >= 11 is 0. The molecule has 0 unspecified atom stereocenters. The Morgan fingerprint density at radius 2 is 1.75 bits per heavy atom. The third-order valence-corrected chi connectivity index (χ3v) is 2.96. The van der Waals surface area contributed by atoms with Crippen LogP contribution in [-0.2, 0) is 10.2 Å². The van der Waals surface area contributed by atoms with Crippen molar-refractivity contribution in [2.75, 3.05) is 0 Å². The lowest BCUT2D eigenvalue weighted by molar-refractivity contribution is -0.143. The highest BCUT2D eigenvalue weighted by molar-refractivity contribution is 5.78. The molecule has 20 heavy (non-hydrogen) atoms. The van der Waals surface area contributed by atoms with Crippen LogP contribution in [0.2, 0.25) is 0 Å². The summed E-state index contributed by atoms with van der Waals surface area (Å²) < 4.78 is 5.41. The fraction of sp³-hybridized carbons (Fsp3) is 0.471. The van der Waals surface area contributed by atoms with Gasteiger partial charge in [-0.3, -0.25) is 4.79 Å². The zero-order valence-corrected chi connectivity index (χ0v) is 13.2. The predicted molar refractivity (Wildman–Crippen MR) is 82.0 cm³/mol. The first-order valence-electron chi connectivity index (χ1n) is 6.69. The van der Waals surface area contributed by atoms with E-state index in [4.69, 9.17) is 4.74 Å². The Kier molecular flexibility index (Phi) is 4.33. The molecular formula is C17H24O3. The van der Waals surface area contributed by atoms with Crippen molar-refractivity contribution < 1.29 is 14.6 Å². The highest BCUT2D eigenvalue weighted by atomic mass is 16.5. The summed E-state index contributed by atoms with van der Waals surface area (Å²) in [5.41, 5.74) is 0.459. The largest absolute Gasteiger partial charge is 0.507 e. The molecule has 3 heteroatoms. The zero-order chi connectivity index (χ0) is 15.7. The zero-order valence-electron chi connectivity index (χ0n) is 13.2. The molecule has 0 heterocycles. The van der Waals surface area contributed by atoms with Crippen LogP contribution in [0.15, 0.2) is 18.7 Å². The molecule has 0 amide bonds. The number of carbonyl (C=O) groups is 1. The van der Waals surface area contributed by atoms with Gasteiger partial charge in [-0.05, 0) is 38.3 Å². The van der Waals surface area contributed by atoms with Gasteiger partial charge >= 0.3 is 5.97 Å². The number of hydrogen-bond acceptors (Lipinski definition) is 3. The number of ether oxygens (including phenoxy) is 1. The molecule has 0 aliphatic heterocycles. The maximum Gasteiger partial charge on any atom is 0.316 e. The topological polar surface area (TPSA) is 46.5 Å². The van der Waals surface area contributed by atoms with E-state index in [1.165, 1.54) is 0 Å². The normalized spacial score (nSPS) is 12.1. The summed E-state index contributed by atoms with van der Waals surface area (Å²) in [7, 11) is 0. The van der Waals surface area contributed by atoms with Crippen LogP contribution in [0, 0.1) is 5.41 Å². The summed E-state index contributed by atoms with van der Waals surface area (Å²) in [6.07, 6.45) is 1.55. The van der Waals surface area contributed by atoms with E-state index in [9.17, 15) is 9.90 Å². The van der Waals surface area contributed by atoms with Gasteiger partial charge in [0.2, 0.25) is 0 Å². The molecule has 0 saturated heterocycles. The summed E-state index contributed by atoms with van der Waals surface area (Å²) in [5, 5.41) is 10.2. The lowest BCUT2D eigenvalue weighted by Gasteiger charge is -2.23. The first-order valence-corrected chi connectivity index (χ1v) is 6.69. The fourth-order valence-corrected chi connectivity index (χ4v) is 1.68. The van der Waals surface area contributed by atoms with Crippen molar-refractivity contribution in [2.24, 2.45) is 5.41 Å². The molecule has 0 radical (unpaired) electrons. The number of carbonyl (C=O) groups excluding carboxylic acids is 1. The average molecular weight is 276 g/mol. The maximum absolute atomic E-state index is 12.0. The number of esters is 1. The first-order chi connectivity index (χ1) is 8.96. The highest BCUT2D eigenvalue weighted by Crippen LogP contribution is 2.37. The van der Waals surface area contributed by atoms with Gasteiger partial charge in [0.05, 0.1) is 5.41 Å². The Hall–Kier alpha value is -1.77. The summed E-state index contributed by atoms with van der Waals surface area (Å²) in [6, 6.07) is 3.34. The van der Waals surface area contributed by atoms with Crippen molar-refractivity contribution in [1.82, 2.24) is 0 Å². The highest BCUT2D eigenvalue weighted by Gasteiger charge is 2.26. The lowest BCUT2D eigenvalue weighted by Crippen LogP contribution is -2.25. The number of benzene rings is 1. The summed E-state index contributed by atoms with van der Waals surface area (Å²) in [5.74, 6) is 0.309. The lowest BCUT2D eigenvalue weighted by atomic mass is 9.85. The van der Waals surface area contributed by atoms with E-state index < -0.39 is 5.41 Å². The van der Waals surface area contributed by atoms with E-state index in [0.717, 1.165) is 5.56 Å². The molecule has 0 spiro atoms. The molecule has 110 valence electrons. The molecule has 3 nitrogen and oxygen atoms in total. The van der Waals surface area contributed by atoms with Gasteiger partial charge in [-0.15, -0.1) is 0 Å². The minimum absolute atomic E-state index is 0.183. The van der Waals surface area contributed by atoms with Gasteiger partial charge in [-0.1, -0.05) is 33.4 Å². The number of rotatable bonds is 2. The van der Waals surface area contributed by atoms with Crippen LogP contribution >= 0.6 is 0 Å². The van der Waals surface area contributed by atoms with Gasteiger partial charge in [0.15, 0.2) is 0 Å². The quantitative estimate of drug-likeness (QED) is 0.647. The van der Waals surface area contributed by atoms with E-state index in [1.54, 1.807) is 39.0 Å². The predicted octanol–water partition coefficient (Wildman–Crippen LogP) is 4.28. The van der Waals surface area contributed by atoms with E-state index in [2.05, 4.69) is 6.58 Å².